The van der Waals surface area contributed by atoms with Gasteiger partial charge in [0.1, 0.15) is 11.3 Å². The predicted molar refractivity (Wildman–Crippen MR) is 64.2 cm³/mol. The standard InChI is InChI=1S/C13H10FN3O/c14-11-5-3-10(4-6-11)8-16-9-15-13-12(16)2-1-7-17(13)18/h1-7,9H,8H2. The second kappa shape index (κ2) is 4.10. The molecule has 2 aromatic heterocycles. The van der Waals surface area contributed by atoms with Crippen LogP contribution in [0.15, 0.2) is 48.9 Å². The Labute approximate surface area is 103 Å². The Morgan fingerprint density at radius 3 is 2.78 bits per heavy atom. The average molecular weight is 243 g/mol. The fourth-order valence-electron chi connectivity index (χ4n) is 1.92. The topological polar surface area (TPSA) is 44.8 Å². The summed E-state index contributed by atoms with van der Waals surface area (Å²) in [6.07, 6.45) is 3.03. The highest BCUT2D eigenvalue weighted by Gasteiger charge is 2.11. The summed E-state index contributed by atoms with van der Waals surface area (Å²) in [6.45, 7) is 0.556. The molecule has 0 aliphatic rings. The first-order valence-electron chi connectivity index (χ1n) is 5.51. The van der Waals surface area contributed by atoms with Crippen LogP contribution >= 0.6 is 0 Å². The van der Waals surface area contributed by atoms with E-state index in [1.54, 1.807) is 24.5 Å². The summed E-state index contributed by atoms with van der Waals surface area (Å²) >= 11 is 0. The van der Waals surface area contributed by atoms with E-state index < -0.39 is 0 Å². The normalized spacial score (nSPS) is 10.9. The molecule has 4 nitrogen and oxygen atoms in total. The van der Waals surface area contributed by atoms with Crippen molar-refractivity contribution < 1.29 is 9.12 Å². The third-order valence-electron chi connectivity index (χ3n) is 2.81. The van der Waals surface area contributed by atoms with Crippen LogP contribution in [0, 0.1) is 11.0 Å². The molecule has 3 rings (SSSR count). The Bertz CT molecular complexity index is 691. The minimum Gasteiger partial charge on any atom is -0.710 e. The number of hydrogen-bond donors (Lipinski definition) is 0. The van der Waals surface area contributed by atoms with Crippen molar-refractivity contribution in [2.24, 2.45) is 0 Å². The van der Waals surface area contributed by atoms with E-state index in [1.165, 1.54) is 18.3 Å². The van der Waals surface area contributed by atoms with E-state index in [4.69, 9.17) is 0 Å². The summed E-state index contributed by atoms with van der Waals surface area (Å²) in [7, 11) is 0. The minimum absolute atomic E-state index is 0.258. The van der Waals surface area contributed by atoms with Gasteiger partial charge in [-0.2, -0.15) is 0 Å². The van der Waals surface area contributed by atoms with Crippen LogP contribution in [0.25, 0.3) is 11.2 Å². The van der Waals surface area contributed by atoms with Crippen molar-refractivity contribution in [3.63, 3.8) is 0 Å². The Kier molecular flexibility index (Phi) is 2.44. The van der Waals surface area contributed by atoms with E-state index in [-0.39, 0.29) is 5.82 Å². The highest BCUT2D eigenvalue weighted by molar-refractivity contribution is 5.67. The van der Waals surface area contributed by atoms with Crippen molar-refractivity contribution in [3.05, 3.63) is 65.5 Å². The smallest absolute Gasteiger partial charge is 0.351 e. The van der Waals surface area contributed by atoms with E-state index >= 15 is 0 Å². The van der Waals surface area contributed by atoms with E-state index in [2.05, 4.69) is 4.98 Å². The predicted octanol–water partition coefficient (Wildman–Crippen LogP) is 1.86. The molecule has 0 spiro atoms. The molecule has 1 aromatic carbocycles. The quantitative estimate of drug-likeness (QED) is 0.509. The first kappa shape index (κ1) is 10.7. The van der Waals surface area contributed by atoms with Crippen molar-refractivity contribution in [3.8, 4) is 0 Å². The monoisotopic (exact) mass is 243 g/mol. The SMILES string of the molecule is [O-][n+]1cccc2c1ncn2Cc1ccc(F)cc1. The number of aromatic nitrogens is 3. The fourth-order valence-corrected chi connectivity index (χ4v) is 1.92. The Morgan fingerprint density at radius 1 is 1.22 bits per heavy atom. The van der Waals surface area contributed by atoms with Gasteiger partial charge in [-0.3, -0.25) is 0 Å². The highest BCUT2D eigenvalue weighted by atomic mass is 19.1. The summed E-state index contributed by atoms with van der Waals surface area (Å²) < 4.78 is 15.4. The first-order valence-corrected chi connectivity index (χ1v) is 5.51. The minimum atomic E-state index is -0.258. The Morgan fingerprint density at radius 2 is 2.00 bits per heavy atom. The highest BCUT2D eigenvalue weighted by Crippen LogP contribution is 2.11. The number of pyridine rings is 1. The van der Waals surface area contributed by atoms with E-state index in [0.29, 0.717) is 12.2 Å². The molecule has 0 aliphatic carbocycles. The molecule has 5 heteroatoms. The van der Waals surface area contributed by atoms with Crippen LogP contribution in [-0.2, 0) is 6.54 Å². The van der Waals surface area contributed by atoms with Gasteiger partial charge in [-0.1, -0.05) is 12.1 Å². The average Bonchev–Trinajstić information content (AvgIpc) is 2.77. The van der Waals surface area contributed by atoms with Gasteiger partial charge in [-0.25, -0.2) is 9.12 Å². The zero-order valence-corrected chi connectivity index (χ0v) is 9.45. The van der Waals surface area contributed by atoms with Gasteiger partial charge in [-0.05, 0) is 34.8 Å². The van der Waals surface area contributed by atoms with Crippen LogP contribution in [0.3, 0.4) is 0 Å². The second-order valence-corrected chi connectivity index (χ2v) is 4.04. The lowest BCUT2D eigenvalue weighted by Gasteiger charge is -2.04. The van der Waals surface area contributed by atoms with E-state index in [9.17, 15) is 9.60 Å². The van der Waals surface area contributed by atoms with Crippen LogP contribution in [0.5, 0.6) is 0 Å². The van der Waals surface area contributed by atoms with Crippen LogP contribution in [-0.4, -0.2) is 9.55 Å². The third-order valence-corrected chi connectivity index (χ3v) is 2.81. The molecule has 0 radical (unpaired) electrons. The summed E-state index contributed by atoms with van der Waals surface area (Å²) in [6, 6.07) is 9.79. The lowest BCUT2D eigenvalue weighted by Crippen LogP contribution is -2.26. The van der Waals surface area contributed by atoms with Gasteiger partial charge in [0.15, 0.2) is 0 Å². The van der Waals surface area contributed by atoms with Crippen LogP contribution in [0.2, 0.25) is 0 Å². The first-order chi connectivity index (χ1) is 8.74. The number of rotatable bonds is 2. The van der Waals surface area contributed by atoms with Gasteiger partial charge in [0.2, 0.25) is 6.33 Å². The molecule has 0 saturated carbocycles. The van der Waals surface area contributed by atoms with Crippen molar-refractivity contribution in [2.45, 2.75) is 6.54 Å². The van der Waals surface area contributed by atoms with Gasteiger partial charge in [-0.15, -0.1) is 0 Å². The number of imidazole rings is 1. The Balaban J connectivity index is 2.00. The van der Waals surface area contributed by atoms with Gasteiger partial charge in [0.05, 0.1) is 12.7 Å². The third kappa shape index (κ3) is 1.79. The summed E-state index contributed by atoms with van der Waals surface area (Å²) in [5.74, 6) is -0.258. The molecule has 0 bridgehead atoms. The van der Waals surface area contributed by atoms with Crippen LogP contribution in [0.1, 0.15) is 5.56 Å². The number of fused-ring (bicyclic) bond motifs is 1. The molecule has 0 N–H and O–H groups in total. The molecular weight excluding hydrogens is 233 g/mol. The number of benzene rings is 1. The molecule has 0 aliphatic heterocycles. The number of hydrogen-bond acceptors (Lipinski definition) is 2. The number of halogens is 1. The van der Waals surface area contributed by atoms with Crippen LogP contribution in [0.4, 0.5) is 4.39 Å². The molecule has 90 valence electrons. The molecular formula is C13H10FN3O. The van der Waals surface area contributed by atoms with Crippen molar-refractivity contribution in [2.75, 3.05) is 0 Å². The second-order valence-electron chi connectivity index (χ2n) is 4.04. The van der Waals surface area contributed by atoms with Gasteiger partial charge in [0.25, 0.3) is 0 Å². The van der Waals surface area contributed by atoms with Crippen molar-refractivity contribution in [1.82, 2.24) is 9.55 Å². The van der Waals surface area contributed by atoms with E-state index in [0.717, 1.165) is 15.8 Å². The van der Waals surface area contributed by atoms with Crippen molar-refractivity contribution >= 4 is 11.2 Å². The summed E-state index contributed by atoms with van der Waals surface area (Å²) in [5.41, 5.74) is 2.11. The summed E-state index contributed by atoms with van der Waals surface area (Å²) in [5, 5.41) is 11.5. The van der Waals surface area contributed by atoms with Crippen molar-refractivity contribution in [1.29, 1.82) is 0 Å². The molecule has 3 aromatic rings. The lowest BCUT2D eigenvalue weighted by atomic mass is 10.2. The maximum absolute atomic E-state index is 12.8. The fraction of sp³-hybridized carbons (Fsp3) is 0.0769. The molecule has 0 unspecified atom stereocenters. The maximum atomic E-state index is 12.8. The van der Waals surface area contributed by atoms with Crippen LogP contribution < -0.4 is 4.73 Å². The maximum Gasteiger partial charge on any atom is 0.351 e. The lowest BCUT2D eigenvalue weighted by molar-refractivity contribution is -0.579. The van der Waals surface area contributed by atoms with Gasteiger partial charge >= 0.3 is 5.65 Å². The number of nitrogens with zero attached hydrogens (tertiary/aromatic N) is 3. The molecule has 18 heavy (non-hydrogen) atoms. The molecule has 2 heterocycles. The van der Waals surface area contributed by atoms with Gasteiger partial charge < -0.3 is 9.77 Å². The Hall–Kier alpha value is -2.43. The summed E-state index contributed by atoms with van der Waals surface area (Å²) in [4.78, 5) is 4.07. The molecule has 0 atom stereocenters. The van der Waals surface area contributed by atoms with Gasteiger partial charge in [0, 0.05) is 0 Å². The molecule has 0 saturated heterocycles. The van der Waals surface area contributed by atoms with E-state index in [1.807, 2.05) is 10.6 Å². The zero-order chi connectivity index (χ0) is 12.5. The molecule has 0 amide bonds. The largest absolute Gasteiger partial charge is 0.710 e. The molecule has 0 fully saturated rings. The zero-order valence-electron chi connectivity index (χ0n) is 9.45.